The quantitative estimate of drug-likeness (QED) is 0.528. The standard InChI is InChI=1S/C24H31NO.C2HF3O2/c1-17-14-21(16-22(15-17)23(25)26)20-8-6-18(7-9-20)4-5-19-10-12-24(2,3)13-11-19;3-2(4,5)1(6)7/h6-9,14-16,19H,4-5,10-13H2,1-3H3,(H2,25,26);(H,6,7). The lowest BCUT2D eigenvalue weighted by molar-refractivity contribution is -0.192. The van der Waals surface area contributed by atoms with E-state index in [4.69, 9.17) is 15.6 Å². The Hall–Kier alpha value is -2.83. The van der Waals surface area contributed by atoms with E-state index in [0.29, 0.717) is 11.0 Å². The molecule has 3 N–H and O–H groups in total. The highest BCUT2D eigenvalue weighted by atomic mass is 19.4. The molecule has 0 aromatic heterocycles. The summed E-state index contributed by atoms with van der Waals surface area (Å²) in [6, 6.07) is 14.6. The van der Waals surface area contributed by atoms with Crippen molar-refractivity contribution < 1.29 is 27.9 Å². The molecule has 1 aliphatic carbocycles. The third-order valence-corrected chi connectivity index (χ3v) is 6.19. The highest BCUT2D eigenvalue weighted by Crippen LogP contribution is 2.39. The number of hydrogen-bond donors (Lipinski definition) is 2. The Kier molecular flexibility index (Phi) is 8.69. The van der Waals surface area contributed by atoms with Crippen molar-refractivity contribution in [3.8, 4) is 11.1 Å². The SMILES string of the molecule is Cc1cc(C(N)=O)cc(-c2ccc(CCC3CCC(C)(C)CC3)cc2)c1.O=C(O)C(F)(F)F. The van der Waals surface area contributed by atoms with Crippen LogP contribution in [-0.4, -0.2) is 23.2 Å². The number of aryl methyl sites for hydroxylation is 2. The van der Waals surface area contributed by atoms with Crippen LogP contribution in [0.1, 0.15) is 67.4 Å². The molecule has 1 aliphatic rings. The molecule has 0 bridgehead atoms. The molecule has 0 saturated heterocycles. The van der Waals surface area contributed by atoms with E-state index < -0.39 is 12.1 Å². The summed E-state index contributed by atoms with van der Waals surface area (Å²) in [5, 5.41) is 7.12. The number of carboxylic acid groups (broad SMARTS) is 1. The van der Waals surface area contributed by atoms with Crippen LogP contribution in [0.2, 0.25) is 0 Å². The molecule has 180 valence electrons. The number of carboxylic acids is 1. The minimum atomic E-state index is -5.08. The highest BCUT2D eigenvalue weighted by Gasteiger charge is 2.38. The third-order valence-electron chi connectivity index (χ3n) is 6.19. The second kappa shape index (κ2) is 10.9. The van der Waals surface area contributed by atoms with E-state index in [-0.39, 0.29) is 5.91 Å². The predicted octanol–water partition coefficient (Wildman–Crippen LogP) is 6.54. The van der Waals surface area contributed by atoms with E-state index in [1.54, 1.807) is 0 Å². The van der Waals surface area contributed by atoms with Gasteiger partial charge in [-0.05, 0) is 91.2 Å². The van der Waals surface area contributed by atoms with Gasteiger partial charge in [0.1, 0.15) is 0 Å². The number of alkyl halides is 3. The van der Waals surface area contributed by atoms with Crippen LogP contribution in [0, 0.1) is 18.3 Å². The Morgan fingerprint density at radius 3 is 2.06 bits per heavy atom. The molecule has 4 nitrogen and oxygen atoms in total. The maximum Gasteiger partial charge on any atom is 0.490 e. The zero-order valence-corrected chi connectivity index (χ0v) is 19.3. The summed E-state index contributed by atoms with van der Waals surface area (Å²) in [6.07, 6.45) is 2.87. The van der Waals surface area contributed by atoms with Crippen molar-refractivity contribution >= 4 is 11.9 Å². The largest absolute Gasteiger partial charge is 0.490 e. The molecular formula is C26H32F3NO3. The molecule has 2 aromatic carbocycles. The number of benzene rings is 2. The summed E-state index contributed by atoms with van der Waals surface area (Å²) in [4.78, 5) is 20.4. The molecule has 7 heteroatoms. The van der Waals surface area contributed by atoms with Crippen LogP contribution in [0.4, 0.5) is 13.2 Å². The summed E-state index contributed by atoms with van der Waals surface area (Å²) in [6.45, 7) is 6.80. The first-order valence-electron chi connectivity index (χ1n) is 11.1. The number of aliphatic carboxylic acids is 1. The second-order valence-corrected chi connectivity index (χ2v) is 9.60. The van der Waals surface area contributed by atoms with Crippen molar-refractivity contribution in [2.24, 2.45) is 17.1 Å². The van der Waals surface area contributed by atoms with E-state index in [1.165, 1.54) is 37.7 Å². The van der Waals surface area contributed by atoms with E-state index in [1.807, 2.05) is 19.1 Å². The first-order chi connectivity index (χ1) is 15.3. The number of halogens is 3. The van der Waals surface area contributed by atoms with Crippen LogP contribution in [0.5, 0.6) is 0 Å². The lowest BCUT2D eigenvalue weighted by Crippen LogP contribution is -2.21. The minimum absolute atomic E-state index is 0.373. The number of carbonyl (C=O) groups is 2. The first-order valence-corrected chi connectivity index (χ1v) is 11.1. The number of nitrogens with two attached hydrogens (primary N) is 1. The second-order valence-electron chi connectivity index (χ2n) is 9.60. The zero-order chi connectivity index (χ0) is 24.8. The maximum atomic E-state index is 11.5. The van der Waals surface area contributed by atoms with Crippen LogP contribution >= 0.6 is 0 Å². The summed E-state index contributed by atoms with van der Waals surface area (Å²) >= 11 is 0. The third kappa shape index (κ3) is 8.56. The Morgan fingerprint density at radius 2 is 1.58 bits per heavy atom. The van der Waals surface area contributed by atoms with Gasteiger partial charge in [0.05, 0.1) is 0 Å². The zero-order valence-electron chi connectivity index (χ0n) is 19.3. The Balaban J connectivity index is 0.000000479. The van der Waals surface area contributed by atoms with Crippen molar-refractivity contribution in [2.75, 3.05) is 0 Å². The number of rotatable bonds is 5. The predicted molar refractivity (Wildman–Crippen MR) is 123 cm³/mol. The van der Waals surface area contributed by atoms with E-state index in [0.717, 1.165) is 29.0 Å². The van der Waals surface area contributed by atoms with Gasteiger partial charge < -0.3 is 10.8 Å². The van der Waals surface area contributed by atoms with Gasteiger partial charge in [0.2, 0.25) is 5.91 Å². The summed E-state index contributed by atoms with van der Waals surface area (Å²) in [5.74, 6) is -2.24. The van der Waals surface area contributed by atoms with Crippen LogP contribution in [0.15, 0.2) is 42.5 Å². The fourth-order valence-corrected chi connectivity index (χ4v) is 4.07. The Morgan fingerprint density at radius 1 is 1.03 bits per heavy atom. The monoisotopic (exact) mass is 463 g/mol. The van der Waals surface area contributed by atoms with Gasteiger partial charge in [0.25, 0.3) is 0 Å². The molecule has 0 radical (unpaired) electrons. The van der Waals surface area contributed by atoms with Gasteiger partial charge in [-0.25, -0.2) is 4.79 Å². The molecule has 1 saturated carbocycles. The van der Waals surface area contributed by atoms with Gasteiger partial charge in [0, 0.05) is 5.56 Å². The summed E-state index contributed by atoms with van der Waals surface area (Å²) < 4.78 is 31.7. The number of hydrogen-bond acceptors (Lipinski definition) is 2. The molecule has 0 unspecified atom stereocenters. The summed E-state index contributed by atoms with van der Waals surface area (Å²) in [7, 11) is 0. The molecule has 0 aliphatic heterocycles. The smallest absolute Gasteiger partial charge is 0.475 e. The van der Waals surface area contributed by atoms with Gasteiger partial charge in [-0.1, -0.05) is 44.2 Å². The Labute approximate surface area is 193 Å². The molecule has 1 fully saturated rings. The maximum absolute atomic E-state index is 11.5. The van der Waals surface area contributed by atoms with Crippen LogP contribution < -0.4 is 5.73 Å². The van der Waals surface area contributed by atoms with E-state index in [9.17, 15) is 18.0 Å². The fraction of sp³-hybridized carbons (Fsp3) is 0.462. The highest BCUT2D eigenvalue weighted by molar-refractivity contribution is 5.94. The Bertz CT molecular complexity index is 956. The lowest BCUT2D eigenvalue weighted by atomic mass is 9.72. The van der Waals surface area contributed by atoms with E-state index >= 15 is 0 Å². The normalized spacial score (nSPS) is 15.9. The van der Waals surface area contributed by atoms with Crippen LogP contribution in [-0.2, 0) is 11.2 Å². The molecule has 3 rings (SSSR count). The number of amides is 1. The molecule has 1 amide bonds. The number of carbonyl (C=O) groups excluding carboxylic acids is 1. The van der Waals surface area contributed by atoms with Crippen LogP contribution in [0.25, 0.3) is 11.1 Å². The first kappa shape index (κ1) is 26.4. The van der Waals surface area contributed by atoms with Crippen LogP contribution in [0.3, 0.4) is 0 Å². The van der Waals surface area contributed by atoms with Gasteiger partial charge in [-0.3, -0.25) is 4.79 Å². The molecule has 0 spiro atoms. The van der Waals surface area contributed by atoms with Crippen molar-refractivity contribution in [3.05, 3.63) is 59.2 Å². The molecule has 33 heavy (non-hydrogen) atoms. The summed E-state index contributed by atoms with van der Waals surface area (Å²) in [5.41, 5.74) is 11.2. The van der Waals surface area contributed by atoms with Gasteiger partial charge in [-0.2, -0.15) is 13.2 Å². The van der Waals surface area contributed by atoms with E-state index in [2.05, 4.69) is 44.2 Å². The lowest BCUT2D eigenvalue weighted by Gasteiger charge is -2.34. The molecule has 0 atom stereocenters. The van der Waals surface area contributed by atoms with Crippen molar-refractivity contribution in [1.82, 2.24) is 0 Å². The fourth-order valence-electron chi connectivity index (χ4n) is 4.07. The van der Waals surface area contributed by atoms with Gasteiger partial charge in [-0.15, -0.1) is 0 Å². The minimum Gasteiger partial charge on any atom is -0.475 e. The average Bonchev–Trinajstić information content (AvgIpc) is 2.72. The topological polar surface area (TPSA) is 80.4 Å². The number of primary amides is 1. The van der Waals surface area contributed by atoms with Crippen molar-refractivity contribution in [3.63, 3.8) is 0 Å². The average molecular weight is 464 g/mol. The molecule has 2 aromatic rings. The van der Waals surface area contributed by atoms with Crippen molar-refractivity contribution in [1.29, 1.82) is 0 Å². The molecule has 0 heterocycles. The van der Waals surface area contributed by atoms with Gasteiger partial charge in [0.15, 0.2) is 0 Å². The van der Waals surface area contributed by atoms with Crippen molar-refractivity contribution in [2.45, 2.75) is 65.5 Å². The molecular weight excluding hydrogens is 431 g/mol. The van der Waals surface area contributed by atoms with Gasteiger partial charge >= 0.3 is 12.1 Å².